The number of hydrogen-bond donors (Lipinski definition) is 0. The van der Waals surface area contributed by atoms with Gasteiger partial charge in [0.25, 0.3) is 0 Å². The van der Waals surface area contributed by atoms with E-state index >= 15 is 0 Å². The number of ketones is 1. The molecule has 9 atom stereocenters. The maximum Gasteiger partial charge on any atom is 0.302 e. The SMILES string of the molecule is C=C(CC[C@@H](C)[C@H]1CC[C@]2(C)[C@H]3CC[C@@H]4C(C)(C)C(=O)CC[C@@]45C[C@@]35CC[C@]12C)[C@@H](C)COC(C)=O. The zero-order valence-corrected chi connectivity index (χ0v) is 24.3. The Kier molecular flexibility index (Phi) is 6.21. The zero-order chi connectivity index (χ0) is 26.3. The molecule has 36 heavy (non-hydrogen) atoms. The highest BCUT2D eigenvalue weighted by molar-refractivity contribution is 5.86. The molecule has 0 aliphatic heterocycles. The van der Waals surface area contributed by atoms with Crippen LogP contribution in [-0.4, -0.2) is 18.4 Å². The highest BCUT2D eigenvalue weighted by Crippen LogP contribution is 2.88. The third kappa shape index (κ3) is 3.42. The minimum absolute atomic E-state index is 0.115. The quantitative estimate of drug-likeness (QED) is 0.264. The van der Waals surface area contributed by atoms with E-state index in [0.29, 0.717) is 45.9 Å². The molecule has 0 saturated heterocycles. The number of Topliss-reactive ketones (excluding diaryl/α,β-unsaturated/α-hetero) is 1. The summed E-state index contributed by atoms with van der Waals surface area (Å²) in [6.45, 7) is 20.8. The molecule has 5 aliphatic rings. The van der Waals surface area contributed by atoms with E-state index in [1.165, 1.54) is 70.3 Å². The molecule has 3 heteroatoms. The summed E-state index contributed by atoms with van der Waals surface area (Å²) in [5, 5.41) is 0. The van der Waals surface area contributed by atoms with Gasteiger partial charge in [-0.1, -0.05) is 53.7 Å². The topological polar surface area (TPSA) is 43.4 Å². The molecule has 0 N–H and O–H groups in total. The van der Waals surface area contributed by atoms with Crippen molar-refractivity contribution in [2.45, 2.75) is 119 Å². The third-order valence-electron chi connectivity index (χ3n) is 13.8. The van der Waals surface area contributed by atoms with Crippen LogP contribution >= 0.6 is 0 Å². The fraction of sp³-hybridized carbons (Fsp3) is 0.879. The van der Waals surface area contributed by atoms with Gasteiger partial charge in [-0.05, 0) is 110 Å². The summed E-state index contributed by atoms with van der Waals surface area (Å²) in [5.41, 5.74) is 2.96. The number of rotatable bonds is 7. The predicted molar refractivity (Wildman–Crippen MR) is 145 cm³/mol. The van der Waals surface area contributed by atoms with E-state index in [4.69, 9.17) is 4.74 Å². The van der Waals surface area contributed by atoms with Gasteiger partial charge < -0.3 is 4.74 Å². The first-order valence-electron chi connectivity index (χ1n) is 15.1. The highest BCUT2D eigenvalue weighted by Gasteiger charge is 2.82. The van der Waals surface area contributed by atoms with Crippen LogP contribution in [0.25, 0.3) is 0 Å². The molecular weight excluding hydrogens is 444 g/mol. The van der Waals surface area contributed by atoms with Crippen LogP contribution in [0, 0.1) is 56.7 Å². The van der Waals surface area contributed by atoms with Crippen molar-refractivity contribution in [3.8, 4) is 0 Å². The zero-order valence-electron chi connectivity index (χ0n) is 24.3. The van der Waals surface area contributed by atoms with Crippen LogP contribution in [0.15, 0.2) is 12.2 Å². The van der Waals surface area contributed by atoms with Gasteiger partial charge in [0.1, 0.15) is 5.78 Å². The Morgan fingerprint density at radius 3 is 2.33 bits per heavy atom. The monoisotopic (exact) mass is 496 g/mol. The molecule has 5 rings (SSSR count). The van der Waals surface area contributed by atoms with Gasteiger partial charge in [-0.3, -0.25) is 9.59 Å². The first-order chi connectivity index (χ1) is 16.8. The smallest absolute Gasteiger partial charge is 0.302 e. The molecule has 5 aliphatic carbocycles. The van der Waals surface area contributed by atoms with Gasteiger partial charge in [0.2, 0.25) is 0 Å². The Morgan fingerprint density at radius 2 is 1.64 bits per heavy atom. The predicted octanol–water partition coefficient (Wildman–Crippen LogP) is 8.17. The molecule has 202 valence electrons. The van der Waals surface area contributed by atoms with Crippen LogP contribution in [0.4, 0.5) is 0 Å². The molecule has 0 aromatic heterocycles. The molecule has 0 unspecified atom stereocenters. The second-order valence-corrected chi connectivity index (χ2v) is 15.2. The summed E-state index contributed by atoms with van der Waals surface area (Å²) in [7, 11) is 0. The fourth-order valence-corrected chi connectivity index (χ4v) is 11.3. The molecule has 0 amide bonds. The number of carbonyl (C=O) groups excluding carboxylic acids is 2. The Balaban J connectivity index is 1.29. The third-order valence-corrected chi connectivity index (χ3v) is 13.8. The van der Waals surface area contributed by atoms with E-state index in [1.54, 1.807) is 0 Å². The molecule has 2 spiro atoms. The Hall–Kier alpha value is -1.12. The van der Waals surface area contributed by atoms with Gasteiger partial charge in [0, 0.05) is 24.7 Å². The molecule has 0 aromatic carbocycles. The standard InChI is InChI=1S/C33H52O3/c1-21(23(3)19-36-24(4)34)9-10-22(2)25-13-15-31(8)27-12-11-26-29(5,6)28(35)14-16-32(26)20-33(27,32)18-17-30(25,31)7/h22-23,25-27H,1,9-20H2,2-8H3/t22-,23+,25-,26-,27-,30-,31-,32-,33+/m1/s1. The molecule has 5 fully saturated rings. The maximum atomic E-state index is 12.9. The van der Waals surface area contributed by atoms with E-state index in [9.17, 15) is 9.59 Å². The Bertz CT molecular complexity index is 949. The van der Waals surface area contributed by atoms with Gasteiger partial charge >= 0.3 is 5.97 Å². The van der Waals surface area contributed by atoms with Crippen molar-refractivity contribution in [2.24, 2.45) is 56.7 Å². The number of ether oxygens (including phenoxy) is 1. The number of hydrogen-bond acceptors (Lipinski definition) is 3. The number of fused-ring (bicyclic) bond motifs is 2. The van der Waals surface area contributed by atoms with E-state index in [0.717, 1.165) is 24.7 Å². The van der Waals surface area contributed by atoms with Crippen molar-refractivity contribution in [2.75, 3.05) is 6.61 Å². The molecular formula is C33H52O3. The summed E-state index contributed by atoms with van der Waals surface area (Å²) in [6.07, 6.45) is 13.8. The van der Waals surface area contributed by atoms with Crippen molar-refractivity contribution in [1.82, 2.24) is 0 Å². The molecule has 0 heterocycles. The van der Waals surface area contributed by atoms with Gasteiger partial charge in [0.05, 0.1) is 6.61 Å². The molecule has 0 aromatic rings. The van der Waals surface area contributed by atoms with Crippen LogP contribution in [0.2, 0.25) is 0 Å². The average molecular weight is 497 g/mol. The van der Waals surface area contributed by atoms with Crippen LogP contribution in [-0.2, 0) is 14.3 Å². The highest BCUT2D eigenvalue weighted by atomic mass is 16.5. The number of carbonyl (C=O) groups is 2. The van der Waals surface area contributed by atoms with Gasteiger partial charge in [-0.2, -0.15) is 0 Å². The lowest BCUT2D eigenvalue weighted by atomic mass is 9.42. The van der Waals surface area contributed by atoms with E-state index in [1.807, 2.05) is 0 Å². The van der Waals surface area contributed by atoms with Crippen molar-refractivity contribution in [1.29, 1.82) is 0 Å². The average Bonchev–Trinajstić information content (AvgIpc) is 3.40. The first-order valence-corrected chi connectivity index (χ1v) is 15.1. The van der Waals surface area contributed by atoms with E-state index < -0.39 is 0 Å². The largest absolute Gasteiger partial charge is 0.465 e. The van der Waals surface area contributed by atoms with Gasteiger partial charge in [-0.25, -0.2) is 0 Å². The minimum atomic E-state index is -0.203. The van der Waals surface area contributed by atoms with Crippen molar-refractivity contribution >= 4 is 11.8 Å². The molecule has 3 nitrogen and oxygen atoms in total. The number of esters is 1. The minimum Gasteiger partial charge on any atom is -0.465 e. The Morgan fingerprint density at radius 1 is 0.972 bits per heavy atom. The molecule has 5 saturated carbocycles. The van der Waals surface area contributed by atoms with E-state index in [2.05, 4.69) is 48.1 Å². The van der Waals surface area contributed by atoms with Crippen molar-refractivity contribution in [3.05, 3.63) is 12.2 Å². The molecule has 0 bridgehead atoms. The Labute approximate surface area is 220 Å². The van der Waals surface area contributed by atoms with Crippen LogP contribution in [0.5, 0.6) is 0 Å². The maximum absolute atomic E-state index is 12.9. The lowest BCUT2D eigenvalue weighted by molar-refractivity contribution is -0.157. The van der Waals surface area contributed by atoms with E-state index in [-0.39, 0.29) is 17.3 Å². The lowest BCUT2D eigenvalue weighted by Crippen LogP contribution is -2.57. The fourth-order valence-electron chi connectivity index (χ4n) is 11.3. The summed E-state index contributed by atoms with van der Waals surface area (Å²) in [5.74, 6) is 3.50. The normalized spacial score (nSPS) is 46.0. The van der Waals surface area contributed by atoms with Crippen LogP contribution < -0.4 is 0 Å². The summed E-state index contributed by atoms with van der Waals surface area (Å²) in [6, 6.07) is 0. The lowest BCUT2D eigenvalue weighted by Gasteiger charge is -2.62. The summed E-state index contributed by atoms with van der Waals surface area (Å²) < 4.78 is 5.23. The van der Waals surface area contributed by atoms with Gasteiger partial charge in [-0.15, -0.1) is 0 Å². The van der Waals surface area contributed by atoms with Gasteiger partial charge in [0.15, 0.2) is 0 Å². The first kappa shape index (κ1) is 26.5. The van der Waals surface area contributed by atoms with Crippen LogP contribution in [0.3, 0.4) is 0 Å². The summed E-state index contributed by atoms with van der Waals surface area (Å²) >= 11 is 0. The van der Waals surface area contributed by atoms with Crippen molar-refractivity contribution in [3.63, 3.8) is 0 Å². The van der Waals surface area contributed by atoms with Crippen molar-refractivity contribution < 1.29 is 14.3 Å². The second kappa shape index (κ2) is 8.44. The molecule has 0 radical (unpaired) electrons. The summed E-state index contributed by atoms with van der Waals surface area (Å²) in [4.78, 5) is 24.1. The second-order valence-electron chi connectivity index (χ2n) is 15.2. The van der Waals surface area contributed by atoms with Crippen LogP contribution in [0.1, 0.15) is 119 Å².